The quantitative estimate of drug-likeness (QED) is 0.714. The molecule has 2 atom stereocenters. The lowest BCUT2D eigenvalue weighted by atomic mass is 9.50. The van der Waals surface area contributed by atoms with E-state index >= 15 is 0 Å². The number of aliphatic hydroxyl groups is 1. The summed E-state index contributed by atoms with van der Waals surface area (Å²) in [7, 11) is 0. The van der Waals surface area contributed by atoms with Crippen LogP contribution in [0.1, 0.15) is 102 Å². The lowest BCUT2D eigenvalue weighted by molar-refractivity contribution is 0.0394. The molecule has 0 spiro atoms. The van der Waals surface area contributed by atoms with Gasteiger partial charge in [0.1, 0.15) is 5.75 Å². The largest absolute Gasteiger partial charge is 0.507 e. The highest BCUT2D eigenvalue weighted by molar-refractivity contribution is 5.56. The molecule has 1 fully saturated rings. The number of benzene rings is 1. The molecule has 0 amide bonds. The van der Waals surface area contributed by atoms with Crippen LogP contribution in [0.3, 0.4) is 0 Å². The number of hydrogen-bond donors (Lipinski definition) is 2. The fourth-order valence-corrected chi connectivity index (χ4v) is 6.04. The third-order valence-electron chi connectivity index (χ3n) is 7.21. The van der Waals surface area contributed by atoms with Crippen LogP contribution >= 0.6 is 0 Å². The summed E-state index contributed by atoms with van der Waals surface area (Å²) in [6.45, 7) is 15.2. The van der Waals surface area contributed by atoms with Crippen molar-refractivity contribution in [2.45, 2.75) is 97.5 Å². The highest BCUT2D eigenvalue weighted by Gasteiger charge is 2.50. The van der Waals surface area contributed by atoms with E-state index in [2.05, 4.69) is 40.7 Å². The molecule has 1 saturated carbocycles. The zero-order valence-electron chi connectivity index (χ0n) is 17.2. The van der Waals surface area contributed by atoms with E-state index in [-0.39, 0.29) is 11.3 Å². The minimum Gasteiger partial charge on any atom is -0.507 e. The molecule has 0 saturated heterocycles. The standard InChI is InChI=1S/C23H36O2/c1-14(2)19-15-9-10-18-21(3,4)11-8-12-23(18,7)16(15)13-17(20(19)24)22(5,6)25/h13-14,18,24-25H,8-12H2,1-7H3/t18-,23+/m0/s1. The van der Waals surface area contributed by atoms with Crippen LogP contribution in [0.15, 0.2) is 6.07 Å². The lowest BCUT2D eigenvalue weighted by Gasteiger charge is -2.55. The number of phenolic OH excluding ortho intramolecular Hbond substituents is 1. The van der Waals surface area contributed by atoms with Crippen LogP contribution in [-0.4, -0.2) is 10.2 Å². The van der Waals surface area contributed by atoms with E-state index in [9.17, 15) is 10.2 Å². The van der Waals surface area contributed by atoms with Gasteiger partial charge in [-0.15, -0.1) is 0 Å². The minimum atomic E-state index is -1.03. The number of rotatable bonds is 2. The van der Waals surface area contributed by atoms with Gasteiger partial charge >= 0.3 is 0 Å². The first kappa shape index (κ1) is 18.8. The molecule has 1 aromatic rings. The fourth-order valence-electron chi connectivity index (χ4n) is 6.04. The van der Waals surface area contributed by atoms with Crippen molar-refractivity contribution in [1.82, 2.24) is 0 Å². The molecule has 3 rings (SSSR count). The van der Waals surface area contributed by atoms with E-state index in [0.717, 1.165) is 12.0 Å². The van der Waals surface area contributed by atoms with Gasteiger partial charge in [-0.3, -0.25) is 0 Å². The second-order valence-electron chi connectivity index (χ2n) is 10.3. The normalized spacial score (nSPS) is 28.6. The lowest BCUT2D eigenvalue weighted by Crippen LogP contribution is -2.48. The first-order chi connectivity index (χ1) is 11.4. The van der Waals surface area contributed by atoms with E-state index < -0.39 is 5.60 Å². The molecule has 0 aromatic heterocycles. The van der Waals surface area contributed by atoms with Gasteiger partial charge < -0.3 is 10.2 Å². The zero-order chi connectivity index (χ0) is 18.8. The summed E-state index contributed by atoms with van der Waals surface area (Å²) < 4.78 is 0. The maximum absolute atomic E-state index is 11.0. The highest BCUT2D eigenvalue weighted by atomic mass is 16.3. The third kappa shape index (κ3) is 2.81. The topological polar surface area (TPSA) is 40.5 Å². The average molecular weight is 345 g/mol. The summed E-state index contributed by atoms with van der Waals surface area (Å²) in [5.41, 5.74) is 3.99. The molecular formula is C23H36O2. The van der Waals surface area contributed by atoms with Crippen molar-refractivity contribution in [3.8, 4) is 5.75 Å². The molecule has 1 aromatic carbocycles. The van der Waals surface area contributed by atoms with Crippen LogP contribution in [0.4, 0.5) is 0 Å². The number of aromatic hydroxyl groups is 1. The van der Waals surface area contributed by atoms with E-state index in [1.54, 1.807) is 13.8 Å². The summed E-state index contributed by atoms with van der Waals surface area (Å²) in [5, 5.41) is 21.7. The van der Waals surface area contributed by atoms with Gasteiger partial charge in [0.25, 0.3) is 0 Å². The molecule has 2 aliphatic carbocycles. The van der Waals surface area contributed by atoms with Crippen molar-refractivity contribution in [3.05, 3.63) is 28.3 Å². The maximum atomic E-state index is 11.0. The average Bonchev–Trinajstić information content (AvgIpc) is 2.43. The second-order valence-corrected chi connectivity index (χ2v) is 10.3. The molecule has 0 aliphatic heterocycles. The monoisotopic (exact) mass is 344 g/mol. The molecule has 0 bridgehead atoms. The van der Waals surface area contributed by atoms with Crippen LogP contribution < -0.4 is 0 Å². The van der Waals surface area contributed by atoms with Gasteiger partial charge in [-0.2, -0.15) is 0 Å². The van der Waals surface area contributed by atoms with Crippen molar-refractivity contribution >= 4 is 0 Å². The fraction of sp³-hybridized carbons (Fsp3) is 0.739. The molecule has 0 radical (unpaired) electrons. The summed E-state index contributed by atoms with van der Waals surface area (Å²) in [6.07, 6.45) is 6.02. The molecule has 2 heteroatoms. The van der Waals surface area contributed by atoms with Crippen molar-refractivity contribution in [1.29, 1.82) is 0 Å². The first-order valence-corrected chi connectivity index (χ1v) is 10.0. The third-order valence-corrected chi connectivity index (χ3v) is 7.21. The summed E-state index contributed by atoms with van der Waals surface area (Å²) in [5.74, 6) is 1.24. The zero-order valence-corrected chi connectivity index (χ0v) is 17.2. The molecule has 2 N–H and O–H groups in total. The Kier molecular flexibility index (Phi) is 4.31. The maximum Gasteiger partial charge on any atom is 0.125 e. The van der Waals surface area contributed by atoms with Gasteiger partial charge in [0.15, 0.2) is 0 Å². The van der Waals surface area contributed by atoms with Crippen LogP contribution in [0.5, 0.6) is 5.75 Å². The Morgan fingerprint density at radius 1 is 1.16 bits per heavy atom. The molecule has 2 nitrogen and oxygen atoms in total. The first-order valence-electron chi connectivity index (χ1n) is 10.0. The summed E-state index contributed by atoms with van der Waals surface area (Å²) in [6, 6.07) is 2.14. The number of fused-ring (bicyclic) bond motifs is 3. The minimum absolute atomic E-state index is 0.146. The Hall–Kier alpha value is -1.02. The van der Waals surface area contributed by atoms with Gasteiger partial charge in [-0.1, -0.05) is 41.0 Å². The SMILES string of the molecule is CC(C)c1c(O)c(C(C)(C)O)cc2c1CC[C@H]1C(C)(C)CCC[C@]21C. The molecule has 25 heavy (non-hydrogen) atoms. The number of hydrogen-bond acceptors (Lipinski definition) is 2. The molecule has 0 heterocycles. The van der Waals surface area contributed by atoms with Crippen molar-refractivity contribution in [2.24, 2.45) is 11.3 Å². The molecule has 140 valence electrons. The molecule has 0 unspecified atom stereocenters. The van der Waals surface area contributed by atoms with Gasteiger partial charge in [0.05, 0.1) is 5.60 Å². The Morgan fingerprint density at radius 3 is 2.36 bits per heavy atom. The van der Waals surface area contributed by atoms with Crippen LogP contribution in [0.2, 0.25) is 0 Å². The number of phenols is 1. The van der Waals surface area contributed by atoms with Gasteiger partial charge in [0, 0.05) is 11.1 Å². The van der Waals surface area contributed by atoms with E-state index in [4.69, 9.17) is 0 Å². The molecular weight excluding hydrogens is 308 g/mol. The van der Waals surface area contributed by atoms with E-state index in [0.29, 0.717) is 22.6 Å². The Bertz CT molecular complexity index is 678. The Morgan fingerprint density at radius 2 is 1.80 bits per heavy atom. The highest BCUT2D eigenvalue weighted by Crippen LogP contribution is 2.59. The smallest absolute Gasteiger partial charge is 0.125 e. The summed E-state index contributed by atoms with van der Waals surface area (Å²) in [4.78, 5) is 0. The van der Waals surface area contributed by atoms with E-state index in [1.807, 2.05) is 0 Å². The van der Waals surface area contributed by atoms with Crippen molar-refractivity contribution < 1.29 is 10.2 Å². The van der Waals surface area contributed by atoms with Crippen LogP contribution in [0.25, 0.3) is 0 Å². The molecule has 2 aliphatic rings. The van der Waals surface area contributed by atoms with E-state index in [1.165, 1.54) is 36.8 Å². The Labute approximate surface area is 153 Å². The predicted octanol–water partition coefficient (Wildman–Crippen LogP) is 5.77. The van der Waals surface area contributed by atoms with Gasteiger partial charge in [0.2, 0.25) is 0 Å². The van der Waals surface area contributed by atoms with Crippen molar-refractivity contribution in [2.75, 3.05) is 0 Å². The second kappa shape index (κ2) is 5.74. The van der Waals surface area contributed by atoms with Crippen molar-refractivity contribution in [3.63, 3.8) is 0 Å². The summed E-state index contributed by atoms with van der Waals surface area (Å²) >= 11 is 0. The predicted molar refractivity (Wildman–Crippen MR) is 104 cm³/mol. The Balaban J connectivity index is 2.30. The van der Waals surface area contributed by atoms with Crippen LogP contribution in [-0.2, 0) is 17.4 Å². The van der Waals surface area contributed by atoms with Gasteiger partial charge in [-0.05, 0) is 79.4 Å². The van der Waals surface area contributed by atoms with Crippen LogP contribution in [0, 0.1) is 11.3 Å². The van der Waals surface area contributed by atoms with Gasteiger partial charge in [-0.25, -0.2) is 0 Å².